The summed E-state index contributed by atoms with van der Waals surface area (Å²) in [5, 5.41) is 0. The lowest BCUT2D eigenvalue weighted by Crippen LogP contribution is -2.47. The van der Waals surface area contributed by atoms with Gasteiger partial charge in [-0.1, -0.05) is 37.3 Å². The monoisotopic (exact) mass is 315 g/mol. The Hall–Kier alpha value is -1.39. The highest BCUT2D eigenvalue weighted by Gasteiger charge is 2.29. The topological polar surface area (TPSA) is 26.8 Å². The predicted octanol–water partition coefficient (Wildman–Crippen LogP) is 2.38. The van der Waals surface area contributed by atoms with Gasteiger partial charge in [0.15, 0.2) is 0 Å². The van der Waals surface area contributed by atoms with E-state index in [0.717, 1.165) is 58.7 Å². The number of likely N-dealkylation sites (N-methyl/N-ethyl adjacent to an activating group) is 1. The number of hydrogen-bond donors (Lipinski definition) is 0. The highest BCUT2D eigenvalue weighted by atomic mass is 16.2. The minimum Gasteiger partial charge on any atom is -0.336 e. The third kappa shape index (κ3) is 4.12. The van der Waals surface area contributed by atoms with Crippen molar-refractivity contribution in [1.82, 2.24) is 14.7 Å². The first-order valence-corrected chi connectivity index (χ1v) is 9.07. The van der Waals surface area contributed by atoms with Crippen LogP contribution in [0.1, 0.15) is 37.8 Å². The van der Waals surface area contributed by atoms with Gasteiger partial charge < -0.3 is 14.7 Å². The van der Waals surface area contributed by atoms with Crippen molar-refractivity contribution in [3.8, 4) is 0 Å². The Morgan fingerprint density at radius 1 is 1.04 bits per heavy atom. The molecule has 2 fully saturated rings. The van der Waals surface area contributed by atoms with Gasteiger partial charge in [-0.15, -0.1) is 0 Å². The quantitative estimate of drug-likeness (QED) is 0.835. The summed E-state index contributed by atoms with van der Waals surface area (Å²) in [7, 11) is 0. The van der Waals surface area contributed by atoms with Crippen LogP contribution in [0.15, 0.2) is 30.3 Å². The van der Waals surface area contributed by atoms with Crippen molar-refractivity contribution in [2.24, 2.45) is 0 Å². The molecule has 1 aromatic carbocycles. The van der Waals surface area contributed by atoms with Gasteiger partial charge in [0.2, 0.25) is 5.91 Å². The second-order valence-corrected chi connectivity index (χ2v) is 6.68. The third-order valence-electron chi connectivity index (χ3n) is 5.31. The molecule has 0 saturated carbocycles. The summed E-state index contributed by atoms with van der Waals surface area (Å²) in [6.45, 7) is 9.67. The SMILES string of the molecule is CCN1CCN(CCC(=O)N2CCC[C@@H]2c2ccccc2)CC1. The van der Waals surface area contributed by atoms with E-state index < -0.39 is 0 Å². The molecule has 4 heteroatoms. The molecule has 1 atom stereocenters. The number of hydrogen-bond acceptors (Lipinski definition) is 3. The average molecular weight is 315 g/mol. The van der Waals surface area contributed by atoms with E-state index in [1.807, 2.05) is 6.07 Å². The molecule has 1 aromatic rings. The fourth-order valence-electron chi connectivity index (χ4n) is 3.81. The highest BCUT2D eigenvalue weighted by molar-refractivity contribution is 5.77. The van der Waals surface area contributed by atoms with Crippen LogP contribution in [0, 0.1) is 0 Å². The first-order valence-electron chi connectivity index (χ1n) is 9.07. The standard InChI is InChI=1S/C19H29N3O/c1-2-20-13-15-21(16-14-20)12-10-19(23)22-11-6-9-18(22)17-7-4-3-5-8-17/h3-5,7-8,18H,2,6,9-16H2,1H3/t18-/m1/s1. The van der Waals surface area contributed by atoms with E-state index in [2.05, 4.69) is 45.9 Å². The van der Waals surface area contributed by atoms with E-state index >= 15 is 0 Å². The number of carbonyl (C=O) groups is 1. The Morgan fingerprint density at radius 3 is 2.43 bits per heavy atom. The highest BCUT2D eigenvalue weighted by Crippen LogP contribution is 2.32. The fraction of sp³-hybridized carbons (Fsp3) is 0.632. The van der Waals surface area contributed by atoms with Gasteiger partial charge in [-0.25, -0.2) is 0 Å². The number of nitrogens with zero attached hydrogens (tertiary/aromatic N) is 3. The van der Waals surface area contributed by atoms with Crippen molar-refractivity contribution in [3.05, 3.63) is 35.9 Å². The molecule has 23 heavy (non-hydrogen) atoms. The molecule has 3 rings (SSSR count). The number of benzene rings is 1. The van der Waals surface area contributed by atoms with Gasteiger partial charge in [-0.05, 0) is 24.9 Å². The van der Waals surface area contributed by atoms with Crippen LogP contribution in [0.2, 0.25) is 0 Å². The molecule has 2 aliphatic rings. The summed E-state index contributed by atoms with van der Waals surface area (Å²) in [5.41, 5.74) is 1.29. The molecule has 0 aromatic heterocycles. The first-order chi connectivity index (χ1) is 11.3. The Labute approximate surface area is 140 Å². The molecular formula is C19H29N3O. The van der Waals surface area contributed by atoms with Crippen molar-refractivity contribution in [3.63, 3.8) is 0 Å². The normalized spacial score (nSPS) is 23.3. The largest absolute Gasteiger partial charge is 0.336 e. The van der Waals surface area contributed by atoms with Gasteiger partial charge in [0.1, 0.15) is 0 Å². The van der Waals surface area contributed by atoms with E-state index in [1.165, 1.54) is 5.56 Å². The number of amides is 1. The van der Waals surface area contributed by atoms with Crippen molar-refractivity contribution in [2.45, 2.75) is 32.2 Å². The molecule has 0 unspecified atom stereocenters. The molecule has 0 N–H and O–H groups in total. The van der Waals surface area contributed by atoms with Crippen LogP contribution in [0.25, 0.3) is 0 Å². The van der Waals surface area contributed by atoms with Gasteiger partial charge >= 0.3 is 0 Å². The zero-order valence-electron chi connectivity index (χ0n) is 14.3. The van der Waals surface area contributed by atoms with Gasteiger partial charge in [0.25, 0.3) is 0 Å². The molecule has 0 radical (unpaired) electrons. The number of rotatable bonds is 5. The minimum atomic E-state index is 0.292. The summed E-state index contributed by atoms with van der Waals surface area (Å²) < 4.78 is 0. The molecule has 1 amide bonds. The van der Waals surface area contributed by atoms with Gasteiger partial charge in [0.05, 0.1) is 6.04 Å². The van der Waals surface area contributed by atoms with E-state index in [-0.39, 0.29) is 0 Å². The summed E-state index contributed by atoms with van der Waals surface area (Å²) in [6, 6.07) is 10.8. The summed E-state index contributed by atoms with van der Waals surface area (Å²) in [4.78, 5) is 19.7. The summed E-state index contributed by atoms with van der Waals surface area (Å²) in [5.74, 6) is 0.328. The van der Waals surface area contributed by atoms with Gasteiger partial charge in [-0.2, -0.15) is 0 Å². The van der Waals surface area contributed by atoms with Crippen molar-refractivity contribution >= 4 is 5.91 Å². The van der Waals surface area contributed by atoms with Crippen LogP contribution in [-0.4, -0.2) is 66.4 Å². The minimum absolute atomic E-state index is 0.292. The number of likely N-dealkylation sites (tertiary alicyclic amines) is 1. The van der Waals surface area contributed by atoms with E-state index in [0.29, 0.717) is 18.4 Å². The number of piperazine rings is 1. The molecule has 0 bridgehead atoms. The van der Waals surface area contributed by atoms with Gasteiger partial charge in [0, 0.05) is 45.7 Å². The second kappa shape index (κ2) is 7.93. The van der Waals surface area contributed by atoms with Crippen molar-refractivity contribution in [1.29, 1.82) is 0 Å². The summed E-state index contributed by atoms with van der Waals surface area (Å²) in [6.07, 6.45) is 2.89. The van der Waals surface area contributed by atoms with E-state index in [9.17, 15) is 4.79 Å². The molecule has 0 spiro atoms. The predicted molar refractivity (Wildman–Crippen MR) is 93.3 cm³/mol. The maximum Gasteiger partial charge on any atom is 0.224 e. The van der Waals surface area contributed by atoms with Crippen LogP contribution in [0.3, 0.4) is 0 Å². The Kier molecular flexibility index (Phi) is 5.68. The molecule has 2 heterocycles. The van der Waals surface area contributed by atoms with Crippen LogP contribution in [0.5, 0.6) is 0 Å². The van der Waals surface area contributed by atoms with Crippen LogP contribution in [-0.2, 0) is 4.79 Å². The van der Waals surface area contributed by atoms with E-state index in [1.54, 1.807) is 0 Å². The van der Waals surface area contributed by atoms with Crippen molar-refractivity contribution < 1.29 is 4.79 Å². The maximum absolute atomic E-state index is 12.7. The zero-order chi connectivity index (χ0) is 16.1. The molecule has 126 valence electrons. The van der Waals surface area contributed by atoms with Crippen LogP contribution >= 0.6 is 0 Å². The lowest BCUT2D eigenvalue weighted by Gasteiger charge is -2.34. The Bertz CT molecular complexity index is 497. The summed E-state index contributed by atoms with van der Waals surface area (Å²) >= 11 is 0. The van der Waals surface area contributed by atoms with Crippen LogP contribution in [0.4, 0.5) is 0 Å². The Balaban J connectivity index is 1.50. The molecule has 0 aliphatic carbocycles. The fourth-order valence-corrected chi connectivity index (χ4v) is 3.81. The van der Waals surface area contributed by atoms with Crippen molar-refractivity contribution in [2.75, 3.05) is 45.8 Å². The Morgan fingerprint density at radius 2 is 1.74 bits per heavy atom. The zero-order valence-corrected chi connectivity index (χ0v) is 14.3. The van der Waals surface area contributed by atoms with Gasteiger partial charge in [-0.3, -0.25) is 4.79 Å². The lowest BCUT2D eigenvalue weighted by atomic mass is 10.0. The van der Waals surface area contributed by atoms with Crippen LogP contribution < -0.4 is 0 Å². The lowest BCUT2D eigenvalue weighted by molar-refractivity contribution is -0.132. The van der Waals surface area contributed by atoms with E-state index in [4.69, 9.17) is 0 Å². The first kappa shape index (κ1) is 16.5. The molecular weight excluding hydrogens is 286 g/mol. The molecule has 2 saturated heterocycles. The smallest absolute Gasteiger partial charge is 0.224 e. The molecule has 2 aliphatic heterocycles. The maximum atomic E-state index is 12.7. The second-order valence-electron chi connectivity index (χ2n) is 6.68. The average Bonchev–Trinajstić information content (AvgIpc) is 3.11. The number of carbonyl (C=O) groups excluding carboxylic acids is 1. The molecule has 4 nitrogen and oxygen atoms in total. The third-order valence-corrected chi connectivity index (χ3v) is 5.31.